The third kappa shape index (κ3) is 7.84. The van der Waals surface area contributed by atoms with Gasteiger partial charge in [0.05, 0.1) is 5.60 Å². The third-order valence-electron chi connectivity index (χ3n) is 7.74. The number of hydrogen-bond acceptors (Lipinski definition) is 4. The highest BCUT2D eigenvalue weighted by Gasteiger charge is 2.41. The predicted molar refractivity (Wildman–Crippen MR) is 138 cm³/mol. The Morgan fingerprint density at radius 2 is 2.06 bits per heavy atom. The van der Waals surface area contributed by atoms with Crippen LogP contribution in [-0.2, 0) is 10.3 Å². The summed E-state index contributed by atoms with van der Waals surface area (Å²) >= 11 is 6.28. The van der Waals surface area contributed by atoms with Gasteiger partial charge in [-0.15, -0.1) is 0 Å². The van der Waals surface area contributed by atoms with Crippen molar-refractivity contribution in [2.45, 2.75) is 82.3 Å². The standard InChI is InChI=1S/C27H44ClN3O3/c1-34-16-6-5-14-27(33,22-11-7-13-24(28)18-22)23-12-8-15-31(20-23)26(32)30-19-25(29)17-21-9-3-2-4-10-21/h7,11,13,18,21,23,25,33H,2-6,8-10,12,14-17,19-20,29H2,1H3,(H,30,32)/t23-,25-,27-/m1/s1. The number of amides is 2. The molecule has 0 radical (unpaired) electrons. The van der Waals surface area contributed by atoms with Crippen molar-refractivity contribution in [1.29, 1.82) is 0 Å². The van der Waals surface area contributed by atoms with E-state index in [0.717, 1.165) is 37.7 Å². The van der Waals surface area contributed by atoms with Crippen molar-refractivity contribution in [2.75, 3.05) is 33.4 Å². The minimum Gasteiger partial charge on any atom is -0.385 e. The number of likely N-dealkylation sites (tertiary alicyclic amines) is 1. The molecule has 0 aromatic heterocycles. The zero-order chi connectivity index (χ0) is 24.4. The molecule has 0 unspecified atom stereocenters. The molecule has 2 aliphatic rings. The number of halogens is 1. The Labute approximate surface area is 210 Å². The van der Waals surface area contributed by atoms with Crippen LogP contribution in [0.4, 0.5) is 4.79 Å². The summed E-state index contributed by atoms with van der Waals surface area (Å²) in [5, 5.41) is 15.6. The molecule has 192 valence electrons. The monoisotopic (exact) mass is 493 g/mol. The van der Waals surface area contributed by atoms with Crippen molar-refractivity contribution in [1.82, 2.24) is 10.2 Å². The SMILES string of the molecule is COCCCC[C@@](O)(c1cccc(Cl)c1)[C@@H]1CCCN(C(=O)NC[C@H](N)CC2CCCCC2)C1. The molecule has 1 aromatic rings. The zero-order valence-corrected chi connectivity index (χ0v) is 21.6. The molecule has 0 bridgehead atoms. The highest BCUT2D eigenvalue weighted by Crippen LogP contribution is 2.40. The first-order chi connectivity index (χ1) is 16.4. The summed E-state index contributed by atoms with van der Waals surface area (Å²) in [4.78, 5) is 14.9. The summed E-state index contributed by atoms with van der Waals surface area (Å²) in [5.74, 6) is 0.648. The van der Waals surface area contributed by atoms with Crippen molar-refractivity contribution in [3.05, 3.63) is 34.9 Å². The number of hydrogen-bond donors (Lipinski definition) is 3. The van der Waals surface area contributed by atoms with Gasteiger partial charge in [-0.3, -0.25) is 0 Å². The molecule has 0 spiro atoms. The summed E-state index contributed by atoms with van der Waals surface area (Å²) in [6.07, 6.45) is 11.5. The molecule has 1 heterocycles. The van der Waals surface area contributed by atoms with Gasteiger partial charge < -0.3 is 25.8 Å². The Morgan fingerprint density at radius 3 is 2.79 bits per heavy atom. The maximum Gasteiger partial charge on any atom is 0.317 e. The van der Waals surface area contributed by atoms with E-state index < -0.39 is 5.60 Å². The first-order valence-electron chi connectivity index (χ1n) is 13.2. The number of piperidine rings is 1. The molecule has 3 rings (SSSR count). The summed E-state index contributed by atoms with van der Waals surface area (Å²) in [5.41, 5.74) is 6.15. The number of ether oxygens (including phenoxy) is 1. The van der Waals surface area contributed by atoms with Gasteiger partial charge in [-0.05, 0) is 62.1 Å². The molecule has 34 heavy (non-hydrogen) atoms. The molecule has 1 aliphatic carbocycles. The summed E-state index contributed by atoms with van der Waals surface area (Å²) in [7, 11) is 1.70. The summed E-state index contributed by atoms with van der Waals surface area (Å²) < 4.78 is 5.20. The number of unbranched alkanes of at least 4 members (excludes halogenated alkanes) is 1. The van der Waals surface area contributed by atoms with E-state index in [4.69, 9.17) is 22.1 Å². The lowest BCUT2D eigenvalue weighted by atomic mass is 9.74. The van der Waals surface area contributed by atoms with E-state index in [1.165, 1.54) is 32.1 Å². The van der Waals surface area contributed by atoms with Crippen molar-refractivity contribution < 1.29 is 14.6 Å². The third-order valence-corrected chi connectivity index (χ3v) is 7.98. The van der Waals surface area contributed by atoms with Crippen LogP contribution < -0.4 is 11.1 Å². The van der Waals surface area contributed by atoms with Crippen LogP contribution in [0.25, 0.3) is 0 Å². The minimum atomic E-state index is -1.03. The summed E-state index contributed by atoms with van der Waals surface area (Å²) in [6.45, 7) is 2.41. The first-order valence-corrected chi connectivity index (χ1v) is 13.6. The molecule has 4 N–H and O–H groups in total. The van der Waals surface area contributed by atoms with Gasteiger partial charge in [-0.25, -0.2) is 4.79 Å². The van der Waals surface area contributed by atoms with Gasteiger partial charge in [0.1, 0.15) is 0 Å². The maximum atomic E-state index is 13.0. The zero-order valence-electron chi connectivity index (χ0n) is 20.8. The number of urea groups is 1. The fourth-order valence-electron chi connectivity index (χ4n) is 5.80. The Balaban J connectivity index is 1.59. The molecule has 2 amide bonds. The van der Waals surface area contributed by atoms with Crippen molar-refractivity contribution >= 4 is 17.6 Å². The topological polar surface area (TPSA) is 87.8 Å². The van der Waals surface area contributed by atoms with E-state index in [0.29, 0.717) is 43.6 Å². The van der Waals surface area contributed by atoms with Crippen molar-refractivity contribution in [2.24, 2.45) is 17.6 Å². The fraction of sp³-hybridized carbons (Fsp3) is 0.741. The molecule has 1 aliphatic heterocycles. The molecule has 1 saturated heterocycles. The van der Waals surface area contributed by atoms with Crippen LogP contribution in [0.2, 0.25) is 5.02 Å². The van der Waals surface area contributed by atoms with E-state index in [2.05, 4.69) is 5.32 Å². The molecule has 6 nitrogen and oxygen atoms in total. The average molecular weight is 494 g/mol. The number of aliphatic hydroxyl groups is 1. The van der Waals surface area contributed by atoms with E-state index in [-0.39, 0.29) is 18.0 Å². The number of rotatable bonds is 11. The van der Waals surface area contributed by atoms with Crippen LogP contribution in [0, 0.1) is 11.8 Å². The minimum absolute atomic E-state index is 0.00295. The molecule has 3 atom stereocenters. The fourth-order valence-corrected chi connectivity index (χ4v) is 5.99. The molecule has 7 heteroatoms. The number of carbonyl (C=O) groups is 1. The molecule has 2 fully saturated rings. The first kappa shape index (κ1) is 27.3. The van der Waals surface area contributed by atoms with Crippen LogP contribution >= 0.6 is 11.6 Å². The second kappa shape index (κ2) is 13.7. The molecule has 1 saturated carbocycles. The lowest BCUT2D eigenvalue weighted by molar-refractivity contribution is -0.0563. The Kier molecular flexibility index (Phi) is 11.0. The van der Waals surface area contributed by atoms with Gasteiger partial charge in [0, 0.05) is 50.3 Å². The van der Waals surface area contributed by atoms with Crippen LogP contribution in [0.3, 0.4) is 0 Å². The number of nitrogens with two attached hydrogens (primary N) is 1. The van der Waals surface area contributed by atoms with Crippen LogP contribution in [0.1, 0.15) is 76.2 Å². The second-order valence-electron chi connectivity index (χ2n) is 10.4. The Morgan fingerprint density at radius 1 is 1.26 bits per heavy atom. The van der Waals surface area contributed by atoms with E-state index in [9.17, 15) is 9.90 Å². The van der Waals surface area contributed by atoms with Gasteiger partial charge in [0.15, 0.2) is 0 Å². The number of carbonyl (C=O) groups excluding carboxylic acids is 1. The molecule has 1 aromatic carbocycles. The Hall–Kier alpha value is -1.34. The smallest absolute Gasteiger partial charge is 0.317 e. The maximum absolute atomic E-state index is 13.0. The van der Waals surface area contributed by atoms with Crippen molar-refractivity contribution in [3.8, 4) is 0 Å². The number of methoxy groups -OCH3 is 1. The van der Waals surface area contributed by atoms with Crippen LogP contribution in [-0.4, -0.2) is 55.4 Å². The number of nitrogens with zero attached hydrogens (tertiary/aromatic N) is 1. The lowest BCUT2D eigenvalue weighted by Gasteiger charge is -2.43. The Bertz CT molecular complexity index is 758. The van der Waals surface area contributed by atoms with E-state index in [1.807, 2.05) is 29.2 Å². The highest BCUT2D eigenvalue weighted by molar-refractivity contribution is 6.30. The highest BCUT2D eigenvalue weighted by atomic mass is 35.5. The van der Waals surface area contributed by atoms with Crippen molar-refractivity contribution in [3.63, 3.8) is 0 Å². The van der Waals surface area contributed by atoms with Gasteiger partial charge in [0.2, 0.25) is 0 Å². The van der Waals surface area contributed by atoms with Gasteiger partial charge >= 0.3 is 6.03 Å². The van der Waals surface area contributed by atoms with Gasteiger partial charge in [0.25, 0.3) is 0 Å². The number of benzene rings is 1. The van der Waals surface area contributed by atoms with E-state index >= 15 is 0 Å². The molecular weight excluding hydrogens is 450 g/mol. The predicted octanol–water partition coefficient (Wildman–Crippen LogP) is 5.06. The van der Waals surface area contributed by atoms with Crippen LogP contribution in [0.15, 0.2) is 24.3 Å². The molecular formula is C27H44ClN3O3. The second-order valence-corrected chi connectivity index (χ2v) is 10.8. The quantitative estimate of drug-likeness (QED) is 0.376. The largest absolute Gasteiger partial charge is 0.385 e. The van der Waals surface area contributed by atoms with Crippen LogP contribution in [0.5, 0.6) is 0 Å². The normalized spacial score (nSPS) is 22.2. The van der Waals surface area contributed by atoms with Gasteiger partial charge in [-0.2, -0.15) is 0 Å². The van der Waals surface area contributed by atoms with Gasteiger partial charge in [-0.1, -0.05) is 55.8 Å². The lowest BCUT2D eigenvalue weighted by Crippen LogP contribution is -2.52. The number of nitrogens with one attached hydrogen (secondary N) is 1. The van der Waals surface area contributed by atoms with E-state index in [1.54, 1.807) is 7.11 Å². The average Bonchev–Trinajstić information content (AvgIpc) is 2.86. The summed E-state index contributed by atoms with van der Waals surface area (Å²) in [6, 6.07) is 7.45.